The first kappa shape index (κ1) is 28.2. The fraction of sp³-hybridized carbons (Fsp3) is 0.259. The van der Waals surface area contributed by atoms with Crippen LogP contribution in [0.2, 0.25) is 0 Å². The summed E-state index contributed by atoms with van der Waals surface area (Å²) in [6, 6.07) is 13.3. The molecular weight excluding hydrogens is 527 g/mol. The van der Waals surface area contributed by atoms with E-state index in [1.54, 1.807) is 30.3 Å². The van der Waals surface area contributed by atoms with Gasteiger partial charge in [0.05, 0.1) is 30.5 Å². The maximum atomic E-state index is 14.6. The van der Waals surface area contributed by atoms with Gasteiger partial charge in [-0.2, -0.15) is 4.39 Å². The summed E-state index contributed by atoms with van der Waals surface area (Å²) >= 11 is 0. The zero-order valence-electron chi connectivity index (χ0n) is 21.3. The van der Waals surface area contributed by atoms with Gasteiger partial charge in [0, 0.05) is 25.5 Å². The highest BCUT2D eigenvalue weighted by Crippen LogP contribution is 2.12. The van der Waals surface area contributed by atoms with Crippen LogP contribution in [0.1, 0.15) is 33.7 Å². The minimum Gasteiger partial charge on any atom is -0.346 e. The number of amides is 2. The van der Waals surface area contributed by atoms with Crippen LogP contribution in [0.25, 0.3) is 0 Å². The number of aromatic nitrogens is 5. The number of hydrogen-bond acceptors (Lipinski definition) is 6. The Morgan fingerprint density at radius 3 is 2.58 bits per heavy atom. The Labute approximate surface area is 226 Å². The highest BCUT2D eigenvalue weighted by atomic mass is 19.1. The molecular formula is C27H26F3N7O3. The second kappa shape index (κ2) is 13.3. The van der Waals surface area contributed by atoms with Crippen LogP contribution in [-0.4, -0.2) is 42.5 Å². The number of nitrogens with zero attached hydrogens (tertiary/aromatic N) is 5. The molecule has 0 aliphatic carbocycles. The second-order valence-corrected chi connectivity index (χ2v) is 8.94. The molecule has 0 fully saturated rings. The van der Waals surface area contributed by atoms with Gasteiger partial charge in [-0.15, -0.1) is 5.10 Å². The molecule has 208 valence electrons. The number of carbonyl (C=O) groups excluding carboxylic acids is 2. The first-order valence-electron chi connectivity index (χ1n) is 12.4. The number of anilines is 1. The lowest BCUT2D eigenvalue weighted by Crippen LogP contribution is -2.27. The molecule has 0 radical (unpaired) electrons. The van der Waals surface area contributed by atoms with Crippen LogP contribution in [0.15, 0.2) is 71.9 Å². The molecule has 4 rings (SSSR count). The molecule has 1 atom stereocenters. The number of hydrogen-bond donors (Lipinski definition) is 2. The lowest BCUT2D eigenvalue weighted by molar-refractivity contribution is -0.115. The van der Waals surface area contributed by atoms with Crippen LogP contribution < -0.4 is 16.2 Å². The molecule has 0 spiro atoms. The van der Waals surface area contributed by atoms with Gasteiger partial charge in [-0.1, -0.05) is 41.6 Å². The number of aryl methyl sites for hydroxylation is 1. The third-order valence-electron chi connectivity index (χ3n) is 5.90. The van der Waals surface area contributed by atoms with Gasteiger partial charge >= 0.3 is 0 Å². The fourth-order valence-electron chi connectivity index (χ4n) is 3.77. The van der Waals surface area contributed by atoms with Crippen LogP contribution in [0.4, 0.5) is 18.9 Å². The lowest BCUT2D eigenvalue weighted by Gasteiger charge is -2.12. The van der Waals surface area contributed by atoms with E-state index in [0.29, 0.717) is 5.56 Å². The molecule has 3 aromatic heterocycles. The lowest BCUT2D eigenvalue weighted by atomic mass is 10.1. The Morgan fingerprint density at radius 2 is 1.85 bits per heavy atom. The second-order valence-electron chi connectivity index (χ2n) is 8.94. The minimum atomic E-state index is -1.47. The van der Waals surface area contributed by atoms with E-state index in [9.17, 15) is 27.6 Å². The predicted molar refractivity (Wildman–Crippen MR) is 139 cm³/mol. The van der Waals surface area contributed by atoms with Crippen molar-refractivity contribution in [2.45, 2.75) is 45.3 Å². The Hall–Kier alpha value is -4.81. The topological polar surface area (TPSA) is 124 Å². The van der Waals surface area contributed by atoms with Crippen LogP contribution in [0.3, 0.4) is 0 Å². The molecule has 1 aromatic carbocycles. The molecule has 4 aromatic rings. The van der Waals surface area contributed by atoms with E-state index < -0.39 is 36.0 Å². The Morgan fingerprint density at radius 1 is 1.05 bits per heavy atom. The van der Waals surface area contributed by atoms with Crippen molar-refractivity contribution in [2.75, 3.05) is 5.32 Å². The zero-order chi connectivity index (χ0) is 28.5. The van der Waals surface area contributed by atoms with Crippen molar-refractivity contribution in [2.24, 2.45) is 0 Å². The molecule has 0 saturated carbocycles. The van der Waals surface area contributed by atoms with Crippen molar-refractivity contribution >= 4 is 17.5 Å². The molecule has 10 nitrogen and oxygen atoms in total. The van der Waals surface area contributed by atoms with Gasteiger partial charge in [-0.3, -0.25) is 19.4 Å². The zero-order valence-corrected chi connectivity index (χ0v) is 21.3. The maximum absolute atomic E-state index is 14.6. The number of benzene rings is 1. The smallest absolute Gasteiger partial charge is 0.288 e. The highest BCUT2D eigenvalue weighted by Gasteiger charge is 2.16. The molecule has 2 amide bonds. The largest absolute Gasteiger partial charge is 0.346 e. The summed E-state index contributed by atoms with van der Waals surface area (Å²) in [6.07, 6.45) is 2.43. The van der Waals surface area contributed by atoms with Gasteiger partial charge in [0.2, 0.25) is 11.7 Å². The van der Waals surface area contributed by atoms with Gasteiger partial charge in [0.1, 0.15) is 12.8 Å². The van der Waals surface area contributed by atoms with E-state index in [-0.39, 0.29) is 49.6 Å². The first-order chi connectivity index (χ1) is 19.3. The van der Waals surface area contributed by atoms with Crippen molar-refractivity contribution in [3.63, 3.8) is 0 Å². The first-order valence-corrected chi connectivity index (χ1v) is 12.4. The average molecular weight is 554 g/mol. The van der Waals surface area contributed by atoms with E-state index in [0.717, 1.165) is 14.8 Å². The summed E-state index contributed by atoms with van der Waals surface area (Å²) in [5, 5.41) is 12.5. The van der Waals surface area contributed by atoms with Crippen LogP contribution in [0.5, 0.6) is 0 Å². The van der Waals surface area contributed by atoms with E-state index in [1.165, 1.54) is 30.7 Å². The molecule has 2 N–H and O–H groups in total. The molecule has 0 aliphatic heterocycles. The molecule has 0 aliphatic rings. The van der Waals surface area contributed by atoms with Crippen molar-refractivity contribution in [3.05, 3.63) is 106 Å². The summed E-state index contributed by atoms with van der Waals surface area (Å²) in [7, 11) is 0. The van der Waals surface area contributed by atoms with E-state index in [1.807, 2.05) is 6.07 Å². The van der Waals surface area contributed by atoms with Gasteiger partial charge < -0.3 is 15.2 Å². The van der Waals surface area contributed by atoms with Crippen molar-refractivity contribution in [1.29, 1.82) is 0 Å². The molecule has 3 heterocycles. The van der Waals surface area contributed by atoms with Gasteiger partial charge in [-0.05, 0) is 29.7 Å². The number of carbonyl (C=O) groups is 2. The van der Waals surface area contributed by atoms with Crippen molar-refractivity contribution in [3.8, 4) is 0 Å². The number of alkyl halides is 2. The van der Waals surface area contributed by atoms with Gasteiger partial charge in [-0.25, -0.2) is 13.5 Å². The summed E-state index contributed by atoms with van der Waals surface area (Å²) < 4.78 is 43.9. The molecule has 1 unspecified atom stereocenters. The van der Waals surface area contributed by atoms with Crippen LogP contribution in [-0.2, 0) is 37.5 Å². The van der Waals surface area contributed by atoms with Gasteiger partial charge in [0.15, 0.2) is 5.69 Å². The van der Waals surface area contributed by atoms with Crippen LogP contribution >= 0.6 is 0 Å². The van der Waals surface area contributed by atoms with Crippen molar-refractivity contribution in [1.82, 2.24) is 29.9 Å². The predicted octanol–water partition coefficient (Wildman–Crippen LogP) is 2.98. The molecule has 13 heteroatoms. The molecule has 0 saturated heterocycles. The quantitative estimate of drug-likeness (QED) is 0.278. The number of pyridine rings is 2. The number of nitrogens with one attached hydrogen (secondary N) is 2. The van der Waals surface area contributed by atoms with Crippen LogP contribution in [0, 0.1) is 5.82 Å². The highest BCUT2D eigenvalue weighted by molar-refractivity contribution is 5.92. The van der Waals surface area contributed by atoms with E-state index in [2.05, 4.69) is 25.9 Å². The summed E-state index contributed by atoms with van der Waals surface area (Å²) in [4.78, 5) is 40.8. The fourth-order valence-corrected chi connectivity index (χ4v) is 3.77. The Bertz CT molecular complexity index is 1510. The third-order valence-corrected chi connectivity index (χ3v) is 5.90. The maximum Gasteiger partial charge on any atom is 0.288 e. The number of rotatable bonds is 12. The summed E-state index contributed by atoms with van der Waals surface area (Å²) in [5.41, 5.74) is 0.426. The van der Waals surface area contributed by atoms with E-state index in [4.69, 9.17) is 0 Å². The third kappa shape index (κ3) is 7.62. The standard InChI is InChI=1S/C27H26F3N7O3/c28-13-21-7-6-19(14-31-21)15-32-26(39)23-17-37(35-34-23)16-20(29)8-10-36-11-9-22(25(30)27(36)40)33-24(38)12-18-4-2-1-3-5-18/h1-7,9,11,14,17,20H,8,10,12-13,15-16H2,(H,32,39)(H,33,38). The monoisotopic (exact) mass is 553 g/mol. The van der Waals surface area contributed by atoms with Crippen molar-refractivity contribution < 1.29 is 22.8 Å². The average Bonchev–Trinajstić information content (AvgIpc) is 3.43. The Kier molecular flexibility index (Phi) is 9.39. The Balaban J connectivity index is 1.25. The SMILES string of the molecule is O=C(Cc1ccccc1)Nc1ccn(CCC(F)Cn2cc(C(=O)NCc3ccc(CF)nc3)nn2)c(=O)c1F. The summed E-state index contributed by atoms with van der Waals surface area (Å²) in [5.74, 6) is -2.15. The molecule has 40 heavy (non-hydrogen) atoms. The normalized spacial score (nSPS) is 11.7. The van der Waals surface area contributed by atoms with E-state index >= 15 is 0 Å². The molecule has 0 bridgehead atoms. The van der Waals surface area contributed by atoms with Gasteiger partial charge in [0.25, 0.3) is 11.5 Å². The summed E-state index contributed by atoms with van der Waals surface area (Å²) in [6.45, 7) is -0.898. The number of halogens is 3. The minimum absolute atomic E-state index is 0.0193.